The Morgan fingerprint density at radius 3 is 2.15 bits per heavy atom. The minimum atomic E-state index is -3.75. The average Bonchev–Trinajstić information content (AvgIpc) is 2.90. The van der Waals surface area contributed by atoms with E-state index in [1.165, 1.54) is 26.2 Å². The third kappa shape index (κ3) is 9.17. The molecule has 1 unspecified atom stereocenters. The van der Waals surface area contributed by atoms with Crippen molar-refractivity contribution in [3.63, 3.8) is 0 Å². The van der Waals surface area contributed by atoms with Crippen LogP contribution in [0.15, 0.2) is 71.6 Å². The summed E-state index contributed by atoms with van der Waals surface area (Å²) in [6, 6.07) is 16.9. The SMILES string of the molecule is COC(=O)CC(NC(C)=O)c1ccc(NC(=O)Cc2ccc(NC(=O)Nc3ccccc3C)c(S(C)(=O)=O)c2)cc1. The molecule has 3 aromatic carbocycles. The molecule has 0 spiro atoms. The van der Waals surface area contributed by atoms with Crippen molar-refractivity contribution in [2.75, 3.05) is 29.3 Å². The zero-order chi connectivity index (χ0) is 30.2. The predicted molar refractivity (Wildman–Crippen MR) is 155 cm³/mol. The molecular formula is C29H32N4O7S. The molecule has 0 saturated carbocycles. The van der Waals surface area contributed by atoms with Crippen molar-refractivity contribution < 1.29 is 32.3 Å². The minimum Gasteiger partial charge on any atom is -0.469 e. The molecular weight excluding hydrogens is 548 g/mol. The van der Waals surface area contributed by atoms with Crippen LogP contribution in [-0.4, -0.2) is 45.6 Å². The number of nitrogens with one attached hydrogen (secondary N) is 4. The number of hydrogen-bond donors (Lipinski definition) is 4. The zero-order valence-electron chi connectivity index (χ0n) is 23.1. The lowest BCUT2D eigenvalue weighted by Crippen LogP contribution is -2.28. The summed E-state index contributed by atoms with van der Waals surface area (Å²) >= 11 is 0. The predicted octanol–water partition coefficient (Wildman–Crippen LogP) is 3.96. The van der Waals surface area contributed by atoms with Crippen LogP contribution in [0.2, 0.25) is 0 Å². The highest BCUT2D eigenvalue weighted by Gasteiger charge is 2.19. The van der Waals surface area contributed by atoms with Crippen LogP contribution < -0.4 is 21.3 Å². The second-order valence-corrected chi connectivity index (χ2v) is 11.4. The van der Waals surface area contributed by atoms with Gasteiger partial charge in [-0.1, -0.05) is 36.4 Å². The molecule has 0 aromatic heterocycles. The fourth-order valence-electron chi connectivity index (χ4n) is 4.01. The van der Waals surface area contributed by atoms with Crippen molar-refractivity contribution >= 4 is 50.7 Å². The number of para-hydroxylation sites is 1. The molecule has 3 aromatic rings. The molecule has 0 aliphatic rings. The van der Waals surface area contributed by atoms with Crippen LogP contribution >= 0.6 is 0 Å². The van der Waals surface area contributed by atoms with Gasteiger partial charge in [0.15, 0.2) is 9.84 Å². The Balaban J connectivity index is 1.70. The number of anilines is 3. The Morgan fingerprint density at radius 2 is 1.54 bits per heavy atom. The van der Waals surface area contributed by atoms with Crippen molar-refractivity contribution in [1.29, 1.82) is 0 Å². The molecule has 0 saturated heterocycles. The third-order valence-corrected chi connectivity index (χ3v) is 7.16. The van der Waals surface area contributed by atoms with E-state index in [-0.39, 0.29) is 29.3 Å². The fraction of sp³-hybridized carbons (Fsp3) is 0.241. The number of aryl methyl sites for hydroxylation is 1. The fourth-order valence-corrected chi connectivity index (χ4v) is 4.90. The van der Waals surface area contributed by atoms with Gasteiger partial charge in [-0.2, -0.15) is 0 Å². The second kappa shape index (κ2) is 13.6. The maximum Gasteiger partial charge on any atom is 0.323 e. The van der Waals surface area contributed by atoms with Crippen molar-refractivity contribution in [3.8, 4) is 0 Å². The number of benzene rings is 3. The summed E-state index contributed by atoms with van der Waals surface area (Å²) in [6.45, 7) is 3.18. The average molecular weight is 581 g/mol. The quantitative estimate of drug-likeness (QED) is 0.264. The van der Waals surface area contributed by atoms with E-state index >= 15 is 0 Å². The molecule has 4 N–H and O–H groups in total. The number of sulfone groups is 1. The highest BCUT2D eigenvalue weighted by molar-refractivity contribution is 7.90. The van der Waals surface area contributed by atoms with Crippen molar-refractivity contribution in [3.05, 3.63) is 83.4 Å². The Hall–Kier alpha value is -4.71. The first kappa shape index (κ1) is 30.8. The number of ether oxygens (including phenoxy) is 1. The Labute approximate surface area is 238 Å². The first-order valence-electron chi connectivity index (χ1n) is 12.6. The summed E-state index contributed by atoms with van der Waals surface area (Å²) in [5, 5.41) is 10.7. The van der Waals surface area contributed by atoms with Gasteiger partial charge in [0.1, 0.15) is 0 Å². The Morgan fingerprint density at radius 1 is 0.878 bits per heavy atom. The summed E-state index contributed by atoms with van der Waals surface area (Å²) in [6.07, 6.45) is 0.840. The molecule has 4 amide bonds. The molecule has 0 radical (unpaired) electrons. The van der Waals surface area contributed by atoms with Crippen LogP contribution in [0.1, 0.15) is 36.1 Å². The van der Waals surface area contributed by atoms with E-state index in [1.54, 1.807) is 42.5 Å². The third-order valence-electron chi connectivity index (χ3n) is 6.02. The monoisotopic (exact) mass is 580 g/mol. The lowest BCUT2D eigenvalue weighted by Gasteiger charge is -2.17. The molecule has 3 rings (SSSR count). The number of carbonyl (C=O) groups excluding carboxylic acids is 4. The molecule has 41 heavy (non-hydrogen) atoms. The summed E-state index contributed by atoms with van der Waals surface area (Å²) < 4.78 is 29.7. The molecule has 0 aliphatic carbocycles. The van der Waals surface area contributed by atoms with E-state index in [1.807, 2.05) is 19.1 Å². The van der Waals surface area contributed by atoms with Crippen LogP contribution in [0.5, 0.6) is 0 Å². The van der Waals surface area contributed by atoms with E-state index in [9.17, 15) is 27.6 Å². The van der Waals surface area contributed by atoms with Gasteiger partial charge in [-0.15, -0.1) is 0 Å². The maximum absolute atomic E-state index is 12.7. The summed E-state index contributed by atoms with van der Waals surface area (Å²) in [5.74, 6) is -1.19. The number of amides is 4. The van der Waals surface area contributed by atoms with E-state index < -0.39 is 33.8 Å². The maximum atomic E-state index is 12.7. The highest BCUT2D eigenvalue weighted by Crippen LogP contribution is 2.25. The van der Waals surface area contributed by atoms with E-state index in [4.69, 9.17) is 4.74 Å². The number of rotatable bonds is 10. The van der Waals surface area contributed by atoms with E-state index in [0.29, 0.717) is 22.5 Å². The summed E-state index contributed by atoms with van der Waals surface area (Å²) in [4.78, 5) is 48.4. The summed E-state index contributed by atoms with van der Waals surface area (Å²) in [5.41, 5.74) is 3.05. The van der Waals surface area contributed by atoms with Gasteiger partial charge in [0.2, 0.25) is 11.8 Å². The van der Waals surface area contributed by atoms with Gasteiger partial charge < -0.3 is 26.0 Å². The van der Waals surface area contributed by atoms with Crippen molar-refractivity contribution in [1.82, 2.24) is 5.32 Å². The number of urea groups is 1. The van der Waals surface area contributed by atoms with Crippen LogP contribution in [0.25, 0.3) is 0 Å². The Kier molecular flexibility index (Phi) is 10.2. The van der Waals surface area contributed by atoms with Crippen molar-refractivity contribution in [2.24, 2.45) is 0 Å². The minimum absolute atomic E-state index is 0.0527. The zero-order valence-corrected chi connectivity index (χ0v) is 23.9. The van der Waals surface area contributed by atoms with E-state index in [0.717, 1.165) is 11.8 Å². The largest absolute Gasteiger partial charge is 0.469 e. The highest BCUT2D eigenvalue weighted by atomic mass is 32.2. The van der Waals surface area contributed by atoms with Gasteiger partial charge in [0, 0.05) is 24.6 Å². The number of methoxy groups -OCH3 is 1. The molecule has 11 nitrogen and oxygen atoms in total. The van der Waals surface area contributed by atoms with Crippen LogP contribution in [0.3, 0.4) is 0 Å². The smallest absolute Gasteiger partial charge is 0.323 e. The van der Waals surface area contributed by atoms with Gasteiger partial charge in [0.05, 0.1) is 36.6 Å². The summed E-state index contributed by atoms with van der Waals surface area (Å²) in [7, 11) is -2.48. The topological polar surface area (TPSA) is 160 Å². The molecule has 1 atom stereocenters. The molecule has 0 fully saturated rings. The standard InChI is InChI=1S/C29H32N4O7S/c1-18-7-5-6-8-23(18)32-29(37)33-24-14-9-20(15-26(24)41(4,38)39)16-27(35)31-22-12-10-21(11-13-22)25(30-19(2)34)17-28(36)40-3/h5-15,25H,16-17H2,1-4H3,(H,30,34)(H,31,35)(H2,32,33,37). The first-order chi connectivity index (χ1) is 19.3. The van der Waals surface area contributed by atoms with Gasteiger partial charge in [-0.05, 0) is 53.9 Å². The molecule has 0 aliphatic heterocycles. The number of esters is 1. The van der Waals surface area contributed by atoms with Gasteiger partial charge in [-0.3, -0.25) is 14.4 Å². The lowest BCUT2D eigenvalue weighted by atomic mass is 10.0. The molecule has 12 heteroatoms. The first-order valence-corrected chi connectivity index (χ1v) is 14.4. The van der Waals surface area contributed by atoms with Crippen LogP contribution in [-0.2, 0) is 35.4 Å². The molecule has 0 heterocycles. The second-order valence-electron chi connectivity index (χ2n) is 9.38. The normalized spacial score (nSPS) is 11.6. The van der Waals surface area contributed by atoms with Gasteiger partial charge >= 0.3 is 12.0 Å². The number of carbonyl (C=O) groups is 4. The van der Waals surface area contributed by atoms with Crippen LogP contribution in [0.4, 0.5) is 21.9 Å². The van der Waals surface area contributed by atoms with Gasteiger partial charge in [0.25, 0.3) is 0 Å². The van der Waals surface area contributed by atoms with Crippen LogP contribution in [0, 0.1) is 6.92 Å². The lowest BCUT2D eigenvalue weighted by molar-refractivity contribution is -0.141. The number of hydrogen-bond acceptors (Lipinski definition) is 7. The Bertz CT molecular complexity index is 1550. The van der Waals surface area contributed by atoms with E-state index in [2.05, 4.69) is 21.3 Å². The molecule has 0 bridgehead atoms. The van der Waals surface area contributed by atoms with Gasteiger partial charge in [-0.25, -0.2) is 13.2 Å². The molecule has 216 valence electrons. The van der Waals surface area contributed by atoms with Crippen molar-refractivity contribution in [2.45, 2.75) is 37.6 Å².